The molecule has 0 saturated heterocycles. The molecule has 74 valence electrons. The maximum atomic E-state index is 6.00. The summed E-state index contributed by atoms with van der Waals surface area (Å²) in [5, 5.41) is 2.97. The molecule has 0 aliphatic heterocycles. The number of nitrogens with zero attached hydrogens (tertiary/aromatic N) is 1. The normalized spacial score (nSPS) is 13.1. The second kappa shape index (κ2) is 3.84. The summed E-state index contributed by atoms with van der Waals surface area (Å²) in [6, 6.07) is 1.54. The molecule has 14 heavy (non-hydrogen) atoms. The van der Waals surface area contributed by atoms with Gasteiger partial charge in [-0.1, -0.05) is 0 Å². The first kappa shape index (κ1) is 9.89. The summed E-state index contributed by atoms with van der Waals surface area (Å²) in [6.07, 6.45) is 1.61. The zero-order valence-electron chi connectivity index (χ0n) is 7.53. The van der Waals surface area contributed by atoms with E-state index in [0.29, 0.717) is 0 Å². The highest BCUT2D eigenvalue weighted by molar-refractivity contribution is 9.10. The molecule has 2 aromatic rings. The van der Waals surface area contributed by atoms with Crippen molar-refractivity contribution in [2.45, 2.75) is 13.0 Å². The highest BCUT2D eigenvalue weighted by Crippen LogP contribution is 2.28. The van der Waals surface area contributed by atoms with Crippen LogP contribution in [0.25, 0.3) is 0 Å². The van der Waals surface area contributed by atoms with Gasteiger partial charge in [-0.2, -0.15) is 0 Å². The van der Waals surface area contributed by atoms with E-state index in [1.807, 2.05) is 18.4 Å². The Hall–Kier alpha value is -0.650. The Labute approximate surface area is 94.1 Å². The molecule has 2 rings (SSSR count). The topological polar surface area (TPSA) is 52.0 Å². The molecule has 0 bridgehead atoms. The lowest BCUT2D eigenvalue weighted by Gasteiger charge is -2.05. The number of rotatable bonds is 2. The van der Waals surface area contributed by atoms with E-state index in [2.05, 4.69) is 20.9 Å². The highest BCUT2D eigenvalue weighted by Gasteiger charge is 2.17. The molecule has 1 unspecified atom stereocenters. The van der Waals surface area contributed by atoms with Crippen molar-refractivity contribution in [3.05, 3.63) is 38.6 Å². The summed E-state index contributed by atoms with van der Waals surface area (Å²) in [5.74, 6) is 0.718. The van der Waals surface area contributed by atoms with Gasteiger partial charge in [0.25, 0.3) is 0 Å². The molecule has 0 aliphatic carbocycles. The van der Waals surface area contributed by atoms with Gasteiger partial charge in [0.2, 0.25) is 0 Å². The number of aryl methyl sites for hydroxylation is 1. The van der Waals surface area contributed by atoms with Gasteiger partial charge in [-0.25, -0.2) is 4.98 Å². The van der Waals surface area contributed by atoms with Crippen molar-refractivity contribution >= 4 is 27.3 Å². The highest BCUT2D eigenvalue weighted by atomic mass is 79.9. The maximum Gasteiger partial charge on any atom is 0.140 e. The van der Waals surface area contributed by atoms with Gasteiger partial charge in [0.05, 0.1) is 21.4 Å². The molecule has 3 nitrogen and oxygen atoms in total. The molecule has 0 spiro atoms. The molecule has 0 aromatic carbocycles. The average molecular weight is 273 g/mol. The van der Waals surface area contributed by atoms with Crippen molar-refractivity contribution < 1.29 is 4.42 Å². The molecule has 0 saturated carbocycles. The van der Waals surface area contributed by atoms with Gasteiger partial charge in [-0.05, 0) is 28.9 Å². The van der Waals surface area contributed by atoms with Crippen LogP contribution in [-0.4, -0.2) is 4.98 Å². The summed E-state index contributed by atoms with van der Waals surface area (Å²) in [6.45, 7) is 1.96. The van der Waals surface area contributed by atoms with Gasteiger partial charge in [0.1, 0.15) is 11.8 Å². The van der Waals surface area contributed by atoms with E-state index in [1.165, 1.54) is 0 Å². The van der Waals surface area contributed by atoms with Crippen molar-refractivity contribution in [2.75, 3.05) is 0 Å². The van der Waals surface area contributed by atoms with Gasteiger partial charge in [-0.15, -0.1) is 11.3 Å². The van der Waals surface area contributed by atoms with E-state index >= 15 is 0 Å². The number of aromatic nitrogens is 1. The Morgan fingerprint density at radius 1 is 1.64 bits per heavy atom. The largest absolute Gasteiger partial charge is 0.466 e. The van der Waals surface area contributed by atoms with Crippen molar-refractivity contribution in [2.24, 2.45) is 5.73 Å². The van der Waals surface area contributed by atoms with Crippen LogP contribution < -0.4 is 5.73 Å². The Morgan fingerprint density at radius 3 is 2.93 bits per heavy atom. The smallest absolute Gasteiger partial charge is 0.140 e. The van der Waals surface area contributed by atoms with Gasteiger partial charge >= 0.3 is 0 Å². The van der Waals surface area contributed by atoms with E-state index in [1.54, 1.807) is 17.6 Å². The monoisotopic (exact) mass is 272 g/mol. The lowest BCUT2D eigenvalue weighted by atomic mass is 10.2. The second-order valence-corrected chi connectivity index (χ2v) is 4.82. The van der Waals surface area contributed by atoms with Crippen LogP contribution in [-0.2, 0) is 0 Å². The molecule has 2 heterocycles. The Balaban J connectivity index is 2.33. The lowest BCUT2D eigenvalue weighted by Crippen LogP contribution is -2.11. The zero-order chi connectivity index (χ0) is 10.1. The third-order valence-corrected chi connectivity index (χ3v) is 3.33. The molecule has 0 aliphatic rings. The minimum atomic E-state index is -0.288. The van der Waals surface area contributed by atoms with E-state index in [-0.39, 0.29) is 6.04 Å². The molecule has 0 radical (unpaired) electrons. The number of nitrogens with two attached hydrogens (primary N) is 1. The maximum absolute atomic E-state index is 6.00. The van der Waals surface area contributed by atoms with Crippen LogP contribution in [0, 0.1) is 6.92 Å². The van der Waals surface area contributed by atoms with Crippen molar-refractivity contribution in [1.82, 2.24) is 4.98 Å². The predicted octanol–water partition coefficient (Wildman–Crippen LogP) is 2.86. The quantitative estimate of drug-likeness (QED) is 0.915. The van der Waals surface area contributed by atoms with Gasteiger partial charge in [0, 0.05) is 5.38 Å². The van der Waals surface area contributed by atoms with Crippen LogP contribution in [0.3, 0.4) is 0 Å². The molecule has 0 fully saturated rings. The Bertz CT molecular complexity index is 437. The van der Waals surface area contributed by atoms with Gasteiger partial charge in [0.15, 0.2) is 0 Å². The number of thiazole rings is 1. The lowest BCUT2D eigenvalue weighted by molar-refractivity contribution is 0.484. The summed E-state index contributed by atoms with van der Waals surface area (Å²) >= 11 is 4.96. The molecule has 1 atom stereocenters. The fourth-order valence-electron chi connectivity index (χ4n) is 1.18. The number of hydrogen-bond donors (Lipinski definition) is 1. The third-order valence-electron chi connectivity index (χ3n) is 1.88. The molecular weight excluding hydrogens is 264 g/mol. The number of furan rings is 1. The first-order valence-electron chi connectivity index (χ1n) is 4.09. The number of halogens is 1. The summed E-state index contributed by atoms with van der Waals surface area (Å²) in [7, 11) is 0. The number of hydrogen-bond acceptors (Lipinski definition) is 4. The van der Waals surface area contributed by atoms with Gasteiger partial charge in [-0.3, -0.25) is 0 Å². The van der Waals surface area contributed by atoms with Crippen molar-refractivity contribution in [1.29, 1.82) is 0 Å². The van der Waals surface area contributed by atoms with Crippen LogP contribution in [0.2, 0.25) is 0 Å². The molecule has 0 amide bonds. The van der Waals surface area contributed by atoms with Crippen molar-refractivity contribution in [3.63, 3.8) is 0 Å². The predicted molar refractivity (Wildman–Crippen MR) is 59.3 cm³/mol. The first-order chi connectivity index (χ1) is 6.68. The SMILES string of the molecule is Cc1nc(C(N)c2occc2Br)cs1. The minimum absolute atomic E-state index is 0.288. The van der Waals surface area contributed by atoms with E-state index in [9.17, 15) is 0 Å². The average Bonchev–Trinajstić information content (AvgIpc) is 2.73. The third kappa shape index (κ3) is 1.75. The fourth-order valence-corrected chi connectivity index (χ4v) is 2.28. The molecule has 5 heteroatoms. The Morgan fingerprint density at radius 2 is 2.43 bits per heavy atom. The molecule has 2 N–H and O–H groups in total. The second-order valence-electron chi connectivity index (χ2n) is 2.90. The molecular formula is C9H9BrN2OS. The van der Waals surface area contributed by atoms with E-state index in [0.717, 1.165) is 20.9 Å². The van der Waals surface area contributed by atoms with Crippen LogP contribution in [0.4, 0.5) is 0 Å². The van der Waals surface area contributed by atoms with Crippen LogP contribution >= 0.6 is 27.3 Å². The van der Waals surface area contributed by atoms with Crippen LogP contribution in [0.15, 0.2) is 26.6 Å². The van der Waals surface area contributed by atoms with E-state index < -0.39 is 0 Å². The van der Waals surface area contributed by atoms with Crippen LogP contribution in [0.5, 0.6) is 0 Å². The first-order valence-corrected chi connectivity index (χ1v) is 5.76. The van der Waals surface area contributed by atoms with Crippen molar-refractivity contribution in [3.8, 4) is 0 Å². The van der Waals surface area contributed by atoms with Gasteiger partial charge < -0.3 is 10.2 Å². The summed E-state index contributed by atoms with van der Waals surface area (Å²) < 4.78 is 6.17. The molecule has 2 aromatic heterocycles. The fraction of sp³-hybridized carbons (Fsp3) is 0.222. The van der Waals surface area contributed by atoms with Crippen LogP contribution in [0.1, 0.15) is 22.5 Å². The zero-order valence-corrected chi connectivity index (χ0v) is 9.93. The Kier molecular flexibility index (Phi) is 2.71. The minimum Gasteiger partial charge on any atom is -0.466 e. The summed E-state index contributed by atoms with van der Waals surface area (Å²) in [5.41, 5.74) is 6.85. The standard InChI is InChI=1S/C9H9BrN2OS/c1-5-12-7(4-14-5)8(11)9-6(10)2-3-13-9/h2-4,8H,11H2,1H3. The summed E-state index contributed by atoms with van der Waals surface area (Å²) in [4.78, 5) is 4.32. The van der Waals surface area contributed by atoms with E-state index in [4.69, 9.17) is 10.2 Å².